The molecule has 6 heteroatoms. The molecule has 0 saturated carbocycles. The lowest BCUT2D eigenvalue weighted by atomic mass is 10.1. The van der Waals surface area contributed by atoms with Crippen molar-refractivity contribution in [3.8, 4) is 28.4 Å². The zero-order valence-corrected chi connectivity index (χ0v) is 19.2. The first-order valence-corrected chi connectivity index (χ1v) is 11.5. The summed E-state index contributed by atoms with van der Waals surface area (Å²) in [6, 6.07) is 30.9. The van der Waals surface area contributed by atoms with Gasteiger partial charge in [-0.05, 0) is 71.6 Å². The average molecular weight is 469 g/mol. The van der Waals surface area contributed by atoms with Gasteiger partial charge in [-0.1, -0.05) is 60.7 Å². The molecule has 6 nitrogen and oxygen atoms in total. The highest BCUT2D eigenvalue weighted by Crippen LogP contribution is 2.28. The van der Waals surface area contributed by atoms with E-state index in [4.69, 9.17) is 4.74 Å². The number of hydrogen-bond acceptors (Lipinski definition) is 5. The number of aromatic hydroxyl groups is 1. The third kappa shape index (κ3) is 6.69. The van der Waals surface area contributed by atoms with Crippen molar-refractivity contribution < 1.29 is 19.7 Å². The highest BCUT2D eigenvalue weighted by Gasteiger charge is 2.10. The Morgan fingerprint density at radius 3 is 2.37 bits per heavy atom. The van der Waals surface area contributed by atoms with Crippen LogP contribution in [0.2, 0.25) is 0 Å². The number of benzene rings is 4. The van der Waals surface area contributed by atoms with Crippen molar-refractivity contribution in [2.75, 3.05) is 18.4 Å². The van der Waals surface area contributed by atoms with Crippen LogP contribution in [0.3, 0.4) is 0 Å². The number of nitrogens with one attached hydrogen (secondary N) is 2. The van der Waals surface area contributed by atoms with Gasteiger partial charge in [-0.15, -0.1) is 0 Å². The molecule has 4 rings (SSSR count). The minimum Gasteiger partial charge on any atom is -0.506 e. The van der Waals surface area contributed by atoms with Crippen molar-refractivity contribution in [1.29, 1.82) is 0 Å². The molecule has 0 heterocycles. The Morgan fingerprint density at radius 2 is 1.60 bits per heavy atom. The molecule has 0 radical (unpaired) electrons. The fraction of sp³-hybridized carbons (Fsp3) is 0.138. The van der Waals surface area contributed by atoms with Gasteiger partial charge in [0.15, 0.2) is 0 Å². The van der Waals surface area contributed by atoms with Gasteiger partial charge < -0.3 is 25.6 Å². The molecule has 1 atom stereocenters. The van der Waals surface area contributed by atoms with Crippen molar-refractivity contribution in [2.45, 2.75) is 12.5 Å². The number of aliphatic hydroxyl groups is 1. The van der Waals surface area contributed by atoms with Crippen molar-refractivity contribution in [3.05, 3.63) is 108 Å². The van der Waals surface area contributed by atoms with Crippen molar-refractivity contribution in [3.63, 3.8) is 0 Å². The molecule has 4 aromatic carbocycles. The van der Waals surface area contributed by atoms with Gasteiger partial charge in [-0.2, -0.15) is 0 Å². The molecular formula is C29H28N2O4. The summed E-state index contributed by atoms with van der Waals surface area (Å²) in [5.74, 6) is 1.52. The SMILES string of the molecule is O=CNc1cc([C@@H](O)CNCCc2ccc(Oc3cccc(-c4ccccc4)c3)cc2)ccc1O. The molecule has 0 aliphatic carbocycles. The summed E-state index contributed by atoms with van der Waals surface area (Å²) in [6.45, 7) is 1.04. The molecule has 0 unspecified atom stereocenters. The van der Waals surface area contributed by atoms with E-state index in [-0.39, 0.29) is 11.4 Å². The second-order valence-electron chi connectivity index (χ2n) is 8.15. The fourth-order valence-corrected chi connectivity index (χ4v) is 3.76. The predicted octanol–water partition coefficient (Wildman–Crippen LogP) is 5.29. The van der Waals surface area contributed by atoms with Crippen LogP contribution in [0, 0.1) is 0 Å². The molecule has 1 amide bonds. The van der Waals surface area contributed by atoms with E-state index >= 15 is 0 Å². The van der Waals surface area contributed by atoms with Crippen LogP contribution >= 0.6 is 0 Å². The summed E-state index contributed by atoms with van der Waals surface area (Å²) in [5, 5.41) is 25.8. The van der Waals surface area contributed by atoms with Crippen LogP contribution in [0.5, 0.6) is 17.2 Å². The zero-order valence-electron chi connectivity index (χ0n) is 19.2. The molecule has 4 aromatic rings. The van der Waals surface area contributed by atoms with Crippen LogP contribution in [-0.2, 0) is 11.2 Å². The average Bonchev–Trinajstić information content (AvgIpc) is 2.89. The van der Waals surface area contributed by atoms with Crippen molar-refractivity contribution in [2.24, 2.45) is 0 Å². The number of hydrogen-bond donors (Lipinski definition) is 4. The van der Waals surface area contributed by atoms with Gasteiger partial charge in [-0.25, -0.2) is 0 Å². The minimum atomic E-state index is -0.759. The van der Waals surface area contributed by atoms with E-state index in [0.29, 0.717) is 25.1 Å². The number of phenols is 1. The molecule has 0 fully saturated rings. The van der Waals surface area contributed by atoms with Crippen LogP contribution in [0.4, 0.5) is 5.69 Å². The predicted molar refractivity (Wildman–Crippen MR) is 138 cm³/mol. The number of carbonyl (C=O) groups is 1. The van der Waals surface area contributed by atoms with Gasteiger partial charge in [0.1, 0.15) is 17.2 Å². The van der Waals surface area contributed by atoms with Crippen molar-refractivity contribution >= 4 is 12.1 Å². The second-order valence-corrected chi connectivity index (χ2v) is 8.15. The van der Waals surface area contributed by atoms with E-state index < -0.39 is 6.10 Å². The Morgan fingerprint density at radius 1 is 0.829 bits per heavy atom. The lowest BCUT2D eigenvalue weighted by molar-refractivity contribution is -0.105. The molecule has 178 valence electrons. The Kier molecular flexibility index (Phi) is 8.12. The zero-order chi connectivity index (χ0) is 24.5. The quantitative estimate of drug-likeness (QED) is 0.137. The highest BCUT2D eigenvalue weighted by atomic mass is 16.5. The monoisotopic (exact) mass is 468 g/mol. The van der Waals surface area contributed by atoms with Crippen LogP contribution < -0.4 is 15.4 Å². The lowest BCUT2D eigenvalue weighted by Gasteiger charge is -2.14. The maximum atomic E-state index is 10.6. The molecule has 0 aliphatic heterocycles. The smallest absolute Gasteiger partial charge is 0.211 e. The molecule has 4 N–H and O–H groups in total. The first-order chi connectivity index (χ1) is 17.1. The third-order valence-corrected chi connectivity index (χ3v) is 5.65. The summed E-state index contributed by atoms with van der Waals surface area (Å²) in [5.41, 5.74) is 4.29. The summed E-state index contributed by atoms with van der Waals surface area (Å²) in [6.07, 6.45) is 0.524. The number of phenolic OH excluding ortho intramolecular Hbond substituents is 1. The number of rotatable bonds is 11. The van der Waals surface area contributed by atoms with Crippen molar-refractivity contribution in [1.82, 2.24) is 5.32 Å². The van der Waals surface area contributed by atoms with Crippen LogP contribution in [0.25, 0.3) is 11.1 Å². The number of anilines is 1. The Hall–Kier alpha value is -4.13. The van der Waals surface area contributed by atoms with Crippen LogP contribution in [0.1, 0.15) is 17.2 Å². The van der Waals surface area contributed by atoms with E-state index in [9.17, 15) is 15.0 Å². The number of carbonyl (C=O) groups excluding carboxylic acids is 1. The normalized spacial score (nSPS) is 11.6. The summed E-state index contributed by atoms with van der Waals surface area (Å²) < 4.78 is 6.04. The molecule has 35 heavy (non-hydrogen) atoms. The summed E-state index contributed by atoms with van der Waals surface area (Å²) in [4.78, 5) is 10.6. The summed E-state index contributed by atoms with van der Waals surface area (Å²) >= 11 is 0. The van der Waals surface area contributed by atoms with Gasteiger partial charge in [0.25, 0.3) is 0 Å². The van der Waals surface area contributed by atoms with E-state index in [2.05, 4.69) is 28.8 Å². The molecule has 0 bridgehead atoms. The van der Waals surface area contributed by atoms with Gasteiger partial charge in [0, 0.05) is 6.54 Å². The van der Waals surface area contributed by atoms with Crippen LogP contribution in [-0.4, -0.2) is 29.7 Å². The topological polar surface area (TPSA) is 90.8 Å². The van der Waals surface area contributed by atoms with E-state index in [0.717, 1.165) is 34.6 Å². The molecule has 0 aliphatic rings. The lowest BCUT2D eigenvalue weighted by Crippen LogP contribution is -2.23. The number of amides is 1. The van der Waals surface area contributed by atoms with E-state index in [1.165, 1.54) is 6.07 Å². The molecule has 0 spiro atoms. The molecule has 0 saturated heterocycles. The van der Waals surface area contributed by atoms with Gasteiger partial charge in [0.05, 0.1) is 11.8 Å². The maximum absolute atomic E-state index is 10.6. The molecule has 0 aromatic heterocycles. The first kappa shape index (κ1) is 24.0. The first-order valence-electron chi connectivity index (χ1n) is 11.5. The maximum Gasteiger partial charge on any atom is 0.211 e. The Balaban J connectivity index is 1.26. The number of aliphatic hydroxyl groups excluding tert-OH is 1. The standard InChI is InChI=1S/C29H28N2O4/c32-20-31-27-18-24(11-14-28(27)33)29(34)19-30-16-15-21-9-12-25(13-10-21)35-26-8-4-7-23(17-26)22-5-2-1-3-6-22/h1-14,17-18,20,29-30,33-34H,15-16,19H2,(H,31,32)/t29-/m0/s1. The highest BCUT2D eigenvalue weighted by molar-refractivity contribution is 5.75. The Labute approximate surface area is 204 Å². The largest absolute Gasteiger partial charge is 0.506 e. The minimum absolute atomic E-state index is 0.0441. The van der Waals surface area contributed by atoms with Gasteiger partial charge >= 0.3 is 0 Å². The Bertz CT molecular complexity index is 1240. The van der Waals surface area contributed by atoms with Gasteiger partial charge in [-0.3, -0.25) is 4.79 Å². The third-order valence-electron chi connectivity index (χ3n) is 5.65. The second kappa shape index (κ2) is 11.8. The summed E-state index contributed by atoms with van der Waals surface area (Å²) in [7, 11) is 0. The fourth-order valence-electron chi connectivity index (χ4n) is 3.76. The van der Waals surface area contributed by atoms with Crippen LogP contribution in [0.15, 0.2) is 97.1 Å². The molecular weight excluding hydrogens is 440 g/mol. The van der Waals surface area contributed by atoms with Gasteiger partial charge in [0.2, 0.25) is 6.41 Å². The van der Waals surface area contributed by atoms with E-state index in [1.807, 2.05) is 60.7 Å². The number of ether oxygens (including phenoxy) is 1. The van der Waals surface area contributed by atoms with E-state index in [1.54, 1.807) is 12.1 Å².